The van der Waals surface area contributed by atoms with E-state index in [1.54, 1.807) is 42.1 Å². The van der Waals surface area contributed by atoms with Crippen molar-refractivity contribution in [3.8, 4) is 0 Å². The van der Waals surface area contributed by atoms with Gasteiger partial charge < -0.3 is 10.6 Å². The summed E-state index contributed by atoms with van der Waals surface area (Å²) in [5.41, 5.74) is 1.02. The van der Waals surface area contributed by atoms with Gasteiger partial charge in [0.2, 0.25) is 5.91 Å². The first kappa shape index (κ1) is 21.4. The maximum Gasteiger partial charge on any atom is 0.296 e. The molecular weight excluding hydrogens is 348 g/mol. The number of thioether (sulfide) groups is 1. The van der Waals surface area contributed by atoms with Crippen molar-refractivity contribution in [2.45, 2.75) is 32.6 Å². The van der Waals surface area contributed by atoms with Gasteiger partial charge in [0.1, 0.15) is 0 Å². The van der Waals surface area contributed by atoms with Crippen molar-refractivity contribution in [3.63, 3.8) is 0 Å². The normalized spacial score (nSPS) is 9.54. The summed E-state index contributed by atoms with van der Waals surface area (Å²) >= 11 is 1.69. The van der Waals surface area contributed by atoms with E-state index in [-0.39, 0.29) is 11.5 Å². The summed E-state index contributed by atoms with van der Waals surface area (Å²) in [6, 6.07) is 13.7. The minimum atomic E-state index is -0.747. The van der Waals surface area contributed by atoms with Crippen molar-refractivity contribution < 1.29 is 14.4 Å². The smallest absolute Gasteiger partial charge is 0.296 e. The van der Waals surface area contributed by atoms with E-state index in [1.165, 1.54) is 13.0 Å². The highest BCUT2D eigenvalue weighted by Crippen LogP contribution is 2.20. The zero-order chi connectivity index (χ0) is 19.5. The molecule has 0 saturated carbocycles. The third kappa shape index (κ3) is 6.37. The van der Waals surface area contributed by atoms with Crippen LogP contribution in [-0.2, 0) is 9.59 Å². The highest BCUT2D eigenvalue weighted by molar-refractivity contribution is 7.99. The molecule has 2 rings (SSSR count). The van der Waals surface area contributed by atoms with Gasteiger partial charge in [-0.25, -0.2) is 0 Å². The van der Waals surface area contributed by atoms with Crippen LogP contribution in [-0.4, -0.2) is 23.4 Å². The number of carbonyl (C=O) groups is 3. The van der Waals surface area contributed by atoms with E-state index in [4.69, 9.17) is 0 Å². The van der Waals surface area contributed by atoms with Crippen LogP contribution in [0.5, 0.6) is 0 Å². The Labute approximate surface area is 158 Å². The fourth-order valence-corrected chi connectivity index (χ4v) is 2.75. The SMILES string of the molecule is CC.CCSc1ccc(NC(=O)C(=O)c2ccccc2NC(C)=O)cc1. The van der Waals surface area contributed by atoms with E-state index in [0.29, 0.717) is 11.4 Å². The van der Waals surface area contributed by atoms with Gasteiger partial charge in [-0.15, -0.1) is 11.8 Å². The van der Waals surface area contributed by atoms with Gasteiger partial charge in [0.05, 0.1) is 11.3 Å². The van der Waals surface area contributed by atoms with Gasteiger partial charge in [0.25, 0.3) is 11.7 Å². The first-order valence-corrected chi connectivity index (χ1v) is 9.45. The Bertz CT molecular complexity index is 758. The maximum absolute atomic E-state index is 12.4. The van der Waals surface area contributed by atoms with Crippen molar-refractivity contribution in [1.82, 2.24) is 0 Å². The van der Waals surface area contributed by atoms with Gasteiger partial charge in [0.15, 0.2) is 0 Å². The molecule has 138 valence electrons. The number of Topliss-reactive ketones (excluding diaryl/α,β-unsaturated/α-hetero) is 1. The van der Waals surface area contributed by atoms with Gasteiger partial charge in [-0.1, -0.05) is 32.9 Å². The molecule has 0 aliphatic heterocycles. The number of rotatable bonds is 6. The zero-order valence-corrected chi connectivity index (χ0v) is 16.3. The molecule has 0 spiro atoms. The molecule has 0 fully saturated rings. The molecular formula is C20H24N2O3S. The molecule has 6 heteroatoms. The Morgan fingerprint density at radius 3 is 2.12 bits per heavy atom. The quantitative estimate of drug-likeness (QED) is 0.441. The number of carbonyl (C=O) groups excluding carboxylic acids is 3. The molecule has 2 N–H and O–H groups in total. The molecule has 0 heterocycles. The summed E-state index contributed by atoms with van der Waals surface area (Å²) < 4.78 is 0. The molecule has 0 aliphatic carbocycles. The fraction of sp³-hybridized carbons (Fsp3) is 0.250. The van der Waals surface area contributed by atoms with Crippen LogP contribution in [0.15, 0.2) is 53.4 Å². The number of nitrogens with one attached hydrogen (secondary N) is 2. The molecule has 0 atom stereocenters. The predicted octanol–water partition coefficient (Wildman–Crippen LogP) is 4.60. The number of benzene rings is 2. The van der Waals surface area contributed by atoms with Crippen molar-refractivity contribution >= 4 is 40.7 Å². The van der Waals surface area contributed by atoms with E-state index in [1.807, 2.05) is 26.0 Å². The molecule has 0 unspecified atom stereocenters. The Morgan fingerprint density at radius 2 is 1.54 bits per heavy atom. The summed E-state index contributed by atoms with van der Waals surface area (Å²) in [5.74, 6) is -0.792. The lowest BCUT2D eigenvalue weighted by Gasteiger charge is -2.09. The molecule has 5 nitrogen and oxygen atoms in total. The fourth-order valence-electron chi connectivity index (χ4n) is 2.09. The Balaban J connectivity index is 0.00000163. The summed E-state index contributed by atoms with van der Waals surface area (Å²) in [5, 5.41) is 5.13. The van der Waals surface area contributed by atoms with Crippen LogP contribution in [0, 0.1) is 0 Å². The molecule has 2 amide bonds. The first-order valence-electron chi connectivity index (χ1n) is 8.46. The summed E-state index contributed by atoms with van der Waals surface area (Å²) in [6.45, 7) is 7.41. The summed E-state index contributed by atoms with van der Waals surface area (Å²) in [4.78, 5) is 36.8. The lowest BCUT2D eigenvalue weighted by Crippen LogP contribution is -2.24. The van der Waals surface area contributed by atoms with Gasteiger partial charge in [-0.3, -0.25) is 14.4 Å². The topological polar surface area (TPSA) is 75.3 Å². The van der Waals surface area contributed by atoms with Crippen molar-refractivity contribution in [2.75, 3.05) is 16.4 Å². The summed E-state index contributed by atoms with van der Waals surface area (Å²) in [6.07, 6.45) is 0. The molecule has 0 aromatic heterocycles. The van der Waals surface area contributed by atoms with Crippen LogP contribution in [0.3, 0.4) is 0 Å². The molecule has 26 heavy (non-hydrogen) atoms. The standard InChI is InChI=1S/C18H18N2O3S.C2H6/c1-3-24-14-10-8-13(9-11-14)20-18(23)17(22)15-6-4-5-7-16(15)19-12(2)21;1-2/h4-11H,3H2,1-2H3,(H,19,21)(H,20,23);1-2H3. The average molecular weight is 372 g/mol. The third-order valence-corrected chi connectivity index (χ3v) is 4.01. The van der Waals surface area contributed by atoms with Crippen LogP contribution in [0.4, 0.5) is 11.4 Å². The Morgan fingerprint density at radius 1 is 0.923 bits per heavy atom. The number of hydrogen-bond acceptors (Lipinski definition) is 4. The number of para-hydroxylation sites is 1. The van der Waals surface area contributed by atoms with E-state index >= 15 is 0 Å². The number of anilines is 2. The second kappa shape index (κ2) is 11.1. The van der Waals surface area contributed by atoms with Crippen LogP contribution >= 0.6 is 11.8 Å². The van der Waals surface area contributed by atoms with Gasteiger partial charge in [0, 0.05) is 17.5 Å². The second-order valence-electron chi connectivity index (χ2n) is 4.97. The third-order valence-electron chi connectivity index (χ3n) is 3.11. The summed E-state index contributed by atoms with van der Waals surface area (Å²) in [7, 11) is 0. The van der Waals surface area contributed by atoms with E-state index in [0.717, 1.165) is 10.6 Å². The highest BCUT2D eigenvalue weighted by atomic mass is 32.2. The molecule has 0 radical (unpaired) electrons. The van der Waals surface area contributed by atoms with Crippen LogP contribution in [0.2, 0.25) is 0 Å². The van der Waals surface area contributed by atoms with E-state index in [9.17, 15) is 14.4 Å². The average Bonchev–Trinajstić information content (AvgIpc) is 2.64. The van der Waals surface area contributed by atoms with Gasteiger partial charge >= 0.3 is 0 Å². The largest absolute Gasteiger partial charge is 0.326 e. The first-order chi connectivity index (χ1) is 12.5. The molecule has 0 aliphatic rings. The van der Waals surface area contributed by atoms with Crippen molar-refractivity contribution in [3.05, 3.63) is 54.1 Å². The Kier molecular flexibility index (Phi) is 9.15. The monoisotopic (exact) mass is 372 g/mol. The number of amides is 2. The molecule has 0 bridgehead atoms. The highest BCUT2D eigenvalue weighted by Gasteiger charge is 2.20. The van der Waals surface area contributed by atoms with Crippen LogP contribution in [0.1, 0.15) is 38.1 Å². The number of ketones is 1. The lowest BCUT2D eigenvalue weighted by atomic mass is 10.1. The Hall–Kier alpha value is -2.60. The van der Waals surface area contributed by atoms with Gasteiger partial charge in [-0.05, 0) is 42.2 Å². The minimum absolute atomic E-state index is 0.156. The van der Waals surface area contributed by atoms with Crippen LogP contribution in [0.25, 0.3) is 0 Å². The number of hydrogen-bond donors (Lipinski definition) is 2. The molecule has 2 aromatic rings. The zero-order valence-electron chi connectivity index (χ0n) is 15.5. The second-order valence-corrected chi connectivity index (χ2v) is 6.30. The van der Waals surface area contributed by atoms with Crippen molar-refractivity contribution in [1.29, 1.82) is 0 Å². The van der Waals surface area contributed by atoms with E-state index in [2.05, 4.69) is 17.6 Å². The van der Waals surface area contributed by atoms with E-state index < -0.39 is 11.7 Å². The van der Waals surface area contributed by atoms with Crippen molar-refractivity contribution in [2.24, 2.45) is 0 Å². The maximum atomic E-state index is 12.4. The molecule has 2 aromatic carbocycles. The van der Waals surface area contributed by atoms with Crippen LogP contribution < -0.4 is 10.6 Å². The predicted molar refractivity (Wildman–Crippen MR) is 108 cm³/mol. The minimum Gasteiger partial charge on any atom is -0.326 e. The lowest BCUT2D eigenvalue weighted by molar-refractivity contribution is -0.114. The van der Waals surface area contributed by atoms with Gasteiger partial charge in [-0.2, -0.15) is 0 Å². The molecule has 0 saturated heterocycles.